The van der Waals surface area contributed by atoms with Gasteiger partial charge >= 0.3 is 0 Å². The van der Waals surface area contributed by atoms with E-state index in [0.717, 1.165) is 26.1 Å². The number of carbonyl (C=O) groups is 2. The van der Waals surface area contributed by atoms with Gasteiger partial charge in [0.25, 0.3) is 0 Å². The second-order valence-corrected chi connectivity index (χ2v) is 5.72. The Morgan fingerprint density at radius 1 is 1.04 bits per heavy atom. The maximum Gasteiger partial charge on any atom is 0.225 e. The summed E-state index contributed by atoms with van der Waals surface area (Å²) in [4.78, 5) is 36.2. The van der Waals surface area contributed by atoms with Crippen LogP contribution in [0.2, 0.25) is 0 Å². The van der Waals surface area contributed by atoms with E-state index in [2.05, 4.69) is 25.5 Å². The van der Waals surface area contributed by atoms with Crippen molar-refractivity contribution in [2.75, 3.05) is 51.2 Å². The number of amides is 2. The van der Waals surface area contributed by atoms with E-state index in [-0.39, 0.29) is 36.6 Å². The summed E-state index contributed by atoms with van der Waals surface area (Å²) in [7, 11) is 1.86. The molecule has 2 rings (SSSR count). The van der Waals surface area contributed by atoms with Gasteiger partial charge in [0, 0.05) is 58.0 Å². The van der Waals surface area contributed by atoms with E-state index in [1.165, 1.54) is 0 Å². The van der Waals surface area contributed by atoms with Gasteiger partial charge in [-0.05, 0) is 26.1 Å². The fraction of sp³-hybridized carbons (Fsp3) is 0.625. The quantitative estimate of drug-likeness (QED) is 0.610. The lowest BCUT2D eigenvalue weighted by molar-refractivity contribution is -0.131. The van der Waals surface area contributed by atoms with Crippen LogP contribution in [0.15, 0.2) is 18.5 Å². The first-order valence-corrected chi connectivity index (χ1v) is 8.41. The first kappa shape index (κ1) is 24.4. The van der Waals surface area contributed by atoms with Gasteiger partial charge in [0.05, 0.1) is 0 Å². The number of aromatic nitrogens is 2. The number of anilines is 1. The van der Waals surface area contributed by atoms with Crippen LogP contribution in [-0.4, -0.2) is 73.0 Å². The van der Waals surface area contributed by atoms with Crippen LogP contribution >= 0.6 is 24.8 Å². The number of nitrogens with zero attached hydrogens (tertiary/aromatic N) is 4. The van der Waals surface area contributed by atoms with Crippen LogP contribution in [0.1, 0.15) is 19.3 Å². The average molecular weight is 407 g/mol. The van der Waals surface area contributed by atoms with Crippen LogP contribution in [0, 0.1) is 0 Å². The van der Waals surface area contributed by atoms with Crippen molar-refractivity contribution in [3.8, 4) is 0 Å². The van der Waals surface area contributed by atoms with Gasteiger partial charge in [-0.1, -0.05) is 0 Å². The third kappa shape index (κ3) is 8.16. The van der Waals surface area contributed by atoms with Gasteiger partial charge in [-0.25, -0.2) is 9.97 Å². The summed E-state index contributed by atoms with van der Waals surface area (Å²) in [5.41, 5.74) is 0. The zero-order valence-electron chi connectivity index (χ0n) is 15.0. The number of hydrogen-bond donors (Lipinski definition) is 2. The molecule has 0 radical (unpaired) electrons. The third-order valence-electron chi connectivity index (χ3n) is 3.96. The van der Waals surface area contributed by atoms with E-state index in [1.54, 1.807) is 18.5 Å². The standard InChI is InChI=1S/C16H26N6O2.2ClH/c1-17-6-2-4-14(23)18-9-5-15(24)21-10-12-22(13-11-21)16-19-7-3-8-20-16;;/h3,7-8,17H,2,4-6,9-13H2,1H3,(H,18,23);2*1H. The van der Waals surface area contributed by atoms with Crippen LogP contribution in [0.4, 0.5) is 5.95 Å². The maximum absolute atomic E-state index is 12.2. The summed E-state index contributed by atoms with van der Waals surface area (Å²) in [6, 6.07) is 1.79. The summed E-state index contributed by atoms with van der Waals surface area (Å²) >= 11 is 0. The third-order valence-corrected chi connectivity index (χ3v) is 3.96. The highest BCUT2D eigenvalue weighted by atomic mass is 35.5. The van der Waals surface area contributed by atoms with E-state index >= 15 is 0 Å². The summed E-state index contributed by atoms with van der Waals surface area (Å²) in [6.45, 7) is 4.00. The van der Waals surface area contributed by atoms with Crippen molar-refractivity contribution in [3.05, 3.63) is 18.5 Å². The van der Waals surface area contributed by atoms with Crippen molar-refractivity contribution in [3.63, 3.8) is 0 Å². The van der Waals surface area contributed by atoms with Gasteiger partial charge < -0.3 is 20.4 Å². The van der Waals surface area contributed by atoms with E-state index in [1.807, 2.05) is 11.9 Å². The molecule has 2 amide bonds. The molecule has 1 aliphatic heterocycles. The highest BCUT2D eigenvalue weighted by Gasteiger charge is 2.22. The van der Waals surface area contributed by atoms with Crippen molar-refractivity contribution in [2.24, 2.45) is 0 Å². The number of nitrogens with one attached hydrogen (secondary N) is 2. The molecule has 1 fully saturated rings. The molecule has 1 saturated heterocycles. The largest absolute Gasteiger partial charge is 0.356 e. The maximum atomic E-state index is 12.2. The predicted molar refractivity (Wildman–Crippen MR) is 106 cm³/mol. The monoisotopic (exact) mass is 406 g/mol. The number of hydrogen-bond acceptors (Lipinski definition) is 6. The lowest BCUT2D eigenvalue weighted by Crippen LogP contribution is -2.49. The molecule has 1 aromatic heterocycles. The molecule has 0 atom stereocenters. The first-order valence-electron chi connectivity index (χ1n) is 8.41. The summed E-state index contributed by atoms with van der Waals surface area (Å²) in [5.74, 6) is 0.793. The highest BCUT2D eigenvalue weighted by molar-refractivity contribution is 5.85. The Bertz CT molecular complexity index is 527. The fourth-order valence-corrected chi connectivity index (χ4v) is 2.59. The number of carbonyl (C=O) groups excluding carboxylic acids is 2. The van der Waals surface area contributed by atoms with Crippen molar-refractivity contribution in [1.29, 1.82) is 0 Å². The molecule has 148 valence electrons. The number of halogens is 2. The van der Waals surface area contributed by atoms with Gasteiger partial charge in [0.1, 0.15) is 0 Å². The molecule has 8 nitrogen and oxygen atoms in total. The van der Waals surface area contributed by atoms with Crippen molar-refractivity contribution in [1.82, 2.24) is 25.5 Å². The molecule has 0 bridgehead atoms. The lowest BCUT2D eigenvalue weighted by Gasteiger charge is -2.34. The summed E-state index contributed by atoms with van der Waals surface area (Å²) in [6.07, 6.45) is 5.09. The first-order chi connectivity index (χ1) is 11.7. The van der Waals surface area contributed by atoms with Crippen molar-refractivity contribution < 1.29 is 9.59 Å². The molecule has 10 heteroatoms. The molecule has 0 saturated carbocycles. The minimum atomic E-state index is 0. The van der Waals surface area contributed by atoms with Crippen molar-refractivity contribution in [2.45, 2.75) is 19.3 Å². The topological polar surface area (TPSA) is 90.5 Å². The second kappa shape index (κ2) is 13.5. The minimum absolute atomic E-state index is 0. The van der Waals surface area contributed by atoms with Crippen LogP contribution in [0.3, 0.4) is 0 Å². The Morgan fingerprint density at radius 3 is 2.31 bits per heavy atom. The van der Waals surface area contributed by atoms with E-state index in [0.29, 0.717) is 38.4 Å². The molecule has 0 aliphatic carbocycles. The van der Waals surface area contributed by atoms with Gasteiger partial charge in [0.2, 0.25) is 17.8 Å². The normalized spacial score (nSPS) is 13.4. The molecule has 1 aliphatic rings. The molecule has 0 unspecified atom stereocenters. The van der Waals surface area contributed by atoms with E-state index in [4.69, 9.17) is 0 Å². The van der Waals surface area contributed by atoms with Crippen LogP contribution in [-0.2, 0) is 9.59 Å². The van der Waals surface area contributed by atoms with E-state index in [9.17, 15) is 9.59 Å². The van der Waals surface area contributed by atoms with Gasteiger partial charge in [-0.2, -0.15) is 0 Å². The highest BCUT2D eigenvalue weighted by Crippen LogP contribution is 2.10. The molecular formula is C16H28Cl2N6O2. The molecule has 26 heavy (non-hydrogen) atoms. The molecule has 1 aromatic rings. The van der Waals surface area contributed by atoms with Crippen LogP contribution < -0.4 is 15.5 Å². The second-order valence-electron chi connectivity index (χ2n) is 5.72. The van der Waals surface area contributed by atoms with Gasteiger partial charge in [-0.15, -0.1) is 24.8 Å². The molecule has 2 heterocycles. The summed E-state index contributed by atoms with van der Waals surface area (Å²) in [5, 5.41) is 5.80. The molecule has 2 N–H and O–H groups in total. The van der Waals surface area contributed by atoms with Crippen LogP contribution in [0.5, 0.6) is 0 Å². The number of rotatable bonds is 8. The minimum Gasteiger partial charge on any atom is -0.356 e. The zero-order chi connectivity index (χ0) is 17.2. The molecule has 0 aromatic carbocycles. The lowest BCUT2D eigenvalue weighted by atomic mass is 10.2. The fourth-order valence-electron chi connectivity index (χ4n) is 2.59. The average Bonchev–Trinajstić information content (AvgIpc) is 2.63. The Hall–Kier alpha value is -1.64. The SMILES string of the molecule is CNCCCC(=O)NCCC(=O)N1CCN(c2ncccn2)CC1.Cl.Cl. The Balaban J connectivity index is 0.00000312. The Morgan fingerprint density at radius 2 is 1.69 bits per heavy atom. The molecule has 0 spiro atoms. The van der Waals surface area contributed by atoms with Gasteiger partial charge in [-0.3, -0.25) is 9.59 Å². The summed E-state index contributed by atoms with van der Waals surface area (Å²) < 4.78 is 0. The van der Waals surface area contributed by atoms with Crippen LogP contribution in [0.25, 0.3) is 0 Å². The zero-order valence-corrected chi connectivity index (χ0v) is 16.7. The predicted octanol–water partition coefficient (Wildman–Crippen LogP) is 0.475. The van der Waals surface area contributed by atoms with Gasteiger partial charge in [0.15, 0.2) is 0 Å². The number of piperazine rings is 1. The van der Waals surface area contributed by atoms with E-state index < -0.39 is 0 Å². The smallest absolute Gasteiger partial charge is 0.225 e. The Kier molecular flexibility index (Phi) is 12.7. The molecular weight excluding hydrogens is 379 g/mol. The van der Waals surface area contributed by atoms with Crippen molar-refractivity contribution >= 4 is 42.6 Å². The Labute approximate surface area is 166 Å².